The Morgan fingerprint density at radius 1 is 0.918 bits per heavy atom. The predicted octanol–water partition coefficient (Wildman–Crippen LogP) is 9.14. The van der Waals surface area contributed by atoms with E-state index in [1.165, 1.54) is 66.8 Å². The number of pyridine rings is 1. The van der Waals surface area contributed by atoms with Gasteiger partial charge in [0, 0.05) is 50.0 Å². The van der Waals surface area contributed by atoms with Gasteiger partial charge in [-0.1, -0.05) is 54.6 Å². The second kappa shape index (κ2) is 17.5. The van der Waals surface area contributed by atoms with E-state index in [4.69, 9.17) is 9.47 Å². The number of nitro benzene ring substituents is 1. The van der Waals surface area contributed by atoms with Crippen molar-refractivity contribution in [1.29, 1.82) is 0 Å². The fourth-order valence-electron chi connectivity index (χ4n) is 8.66. The number of carbonyl (C=O) groups excluding carboxylic acids is 1. The first-order valence-electron chi connectivity index (χ1n) is 21.0. The third kappa shape index (κ3) is 9.16. The number of carbonyl (C=O) groups is 1. The molecule has 14 heteroatoms. The van der Waals surface area contributed by atoms with Crippen LogP contribution in [-0.2, 0) is 21.2 Å². The monoisotopic (exact) mass is 840 g/mol. The van der Waals surface area contributed by atoms with Crippen LogP contribution in [0.5, 0.6) is 11.5 Å². The zero-order valence-electron chi connectivity index (χ0n) is 33.7. The summed E-state index contributed by atoms with van der Waals surface area (Å²) in [6.45, 7) is 3.81. The van der Waals surface area contributed by atoms with Gasteiger partial charge in [0.1, 0.15) is 22.8 Å². The van der Waals surface area contributed by atoms with Gasteiger partial charge in [-0.25, -0.2) is 18.1 Å². The van der Waals surface area contributed by atoms with Gasteiger partial charge in [-0.2, -0.15) is 0 Å². The number of nitrogens with one attached hydrogen (secondary N) is 3. The number of hydrogen-bond acceptors (Lipinski definition) is 10. The number of ether oxygens (including phenoxy) is 2. The summed E-state index contributed by atoms with van der Waals surface area (Å²) >= 11 is 0. The summed E-state index contributed by atoms with van der Waals surface area (Å²) in [6.07, 6.45) is 10.8. The van der Waals surface area contributed by atoms with Crippen LogP contribution in [0.25, 0.3) is 22.2 Å². The van der Waals surface area contributed by atoms with Gasteiger partial charge in [-0.15, -0.1) is 0 Å². The lowest BCUT2D eigenvalue weighted by Crippen LogP contribution is -2.31. The molecule has 0 spiro atoms. The highest BCUT2D eigenvalue weighted by atomic mass is 32.2. The Morgan fingerprint density at radius 2 is 1.70 bits per heavy atom. The zero-order valence-corrected chi connectivity index (χ0v) is 34.5. The lowest BCUT2D eigenvalue weighted by molar-refractivity contribution is -0.384. The molecule has 2 aliphatic heterocycles. The van der Waals surface area contributed by atoms with Crippen molar-refractivity contribution < 1.29 is 27.6 Å². The fraction of sp³-hybridized carbons (Fsp3) is 0.319. The van der Waals surface area contributed by atoms with E-state index in [1.54, 1.807) is 24.4 Å². The first-order chi connectivity index (χ1) is 29.7. The van der Waals surface area contributed by atoms with Crippen molar-refractivity contribution >= 4 is 38.3 Å². The molecule has 9 rings (SSSR count). The number of fused-ring (bicyclic) bond motifs is 1. The summed E-state index contributed by atoms with van der Waals surface area (Å²) in [5.41, 5.74) is 6.29. The minimum absolute atomic E-state index is 0.0502. The Bertz CT molecular complexity index is 2670. The summed E-state index contributed by atoms with van der Waals surface area (Å²) in [5.74, 6) is 0.485. The van der Waals surface area contributed by atoms with Gasteiger partial charge in [-0.3, -0.25) is 19.8 Å². The first-order valence-corrected chi connectivity index (χ1v) is 22.5. The summed E-state index contributed by atoms with van der Waals surface area (Å²) < 4.78 is 41.1. The van der Waals surface area contributed by atoms with Crippen LogP contribution in [-0.4, -0.2) is 67.0 Å². The molecule has 314 valence electrons. The molecule has 2 aromatic heterocycles. The Morgan fingerprint density at radius 3 is 2.49 bits per heavy atom. The minimum atomic E-state index is -4.55. The second-order valence-corrected chi connectivity index (χ2v) is 17.9. The van der Waals surface area contributed by atoms with E-state index >= 15 is 0 Å². The van der Waals surface area contributed by atoms with E-state index in [2.05, 4.69) is 61.3 Å². The second-order valence-electron chi connectivity index (χ2n) is 16.3. The Balaban J connectivity index is 0.930. The molecule has 4 heterocycles. The van der Waals surface area contributed by atoms with Crippen molar-refractivity contribution in [2.75, 3.05) is 38.2 Å². The summed E-state index contributed by atoms with van der Waals surface area (Å²) in [7, 11) is -4.55. The van der Waals surface area contributed by atoms with Crippen molar-refractivity contribution in [3.05, 3.63) is 142 Å². The lowest BCUT2D eigenvalue weighted by Gasteiger charge is -2.27. The molecular weight excluding hydrogens is 793 g/mol. The van der Waals surface area contributed by atoms with Gasteiger partial charge >= 0.3 is 0 Å². The van der Waals surface area contributed by atoms with Gasteiger partial charge in [0.2, 0.25) is 0 Å². The Kier molecular flexibility index (Phi) is 11.6. The maximum Gasteiger partial charge on any atom is 0.293 e. The number of rotatable bonds is 15. The van der Waals surface area contributed by atoms with Crippen LogP contribution in [0.2, 0.25) is 0 Å². The van der Waals surface area contributed by atoms with Crippen molar-refractivity contribution in [1.82, 2.24) is 19.6 Å². The molecule has 2 saturated heterocycles. The number of hydrogen-bond donors (Lipinski definition) is 3. The molecule has 6 aromatic rings. The highest BCUT2D eigenvalue weighted by Gasteiger charge is 2.32. The highest BCUT2D eigenvalue weighted by Crippen LogP contribution is 2.45. The molecule has 3 N–H and O–H groups in total. The fourth-order valence-corrected chi connectivity index (χ4v) is 9.65. The van der Waals surface area contributed by atoms with Crippen molar-refractivity contribution in [2.24, 2.45) is 5.92 Å². The van der Waals surface area contributed by atoms with E-state index in [9.17, 15) is 23.3 Å². The maximum atomic E-state index is 13.9. The molecule has 0 radical (unpaired) electrons. The third-order valence-corrected chi connectivity index (χ3v) is 13.5. The zero-order chi connectivity index (χ0) is 41.9. The summed E-state index contributed by atoms with van der Waals surface area (Å²) in [4.78, 5) is 35.0. The highest BCUT2D eigenvalue weighted by molar-refractivity contribution is 7.90. The normalized spacial score (nSPS) is 17.3. The van der Waals surface area contributed by atoms with Crippen LogP contribution in [0.3, 0.4) is 0 Å². The molecule has 0 bridgehead atoms. The van der Waals surface area contributed by atoms with Gasteiger partial charge < -0.3 is 19.8 Å². The molecule has 1 saturated carbocycles. The maximum absolute atomic E-state index is 13.9. The molecule has 0 unspecified atom stereocenters. The number of likely N-dealkylation sites (tertiary alicyclic amines) is 1. The molecule has 4 aromatic carbocycles. The third-order valence-electron chi connectivity index (χ3n) is 12.2. The number of sulfonamides is 1. The number of H-pyrrole nitrogens is 1. The number of aromatic nitrogens is 2. The molecular formula is C47H48N6O7S. The van der Waals surface area contributed by atoms with E-state index in [-0.39, 0.29) is 22.9 Å². The van der Waals surface area contributed by atoms with Crippen LogP contribution in [0.4, 0.5) is 11.4 Å². The van der Waals surface area contributed by atoms with Crippen LogP contribution in [0.1, 0.15) is 77.5 Å². The van der Waals surface area contributed by atoms with Crippen molar-refractivity contribution in [3.63, 3.8) is 0 Å². The van der Waals surface area contributed by atoms with Gasteiger partial charge in [0.05, 0.1) is 21.6 Å². The number of nitrogens with zero attached hydrogens (tertiary/aromatic N) is 3. The van der Waals surface area contributed by atoms with Gasteiger partial charge in [0.25, 0.3) is 21.6 Å². The largest absolute Gasteiger partial charge is 0.455 e. The summed E-state index contributed by atoms with van der Waals surface area (Å²) in [5, 5.41) is 15.9. The number of benzene rings is 4. The first kappa shape index (κ1) is 40.3. The molecule has 3 aliphatic rings. The van der Waals surface area contributed by atoms with Crippen LogP contribution in [0.15, 0.2) is 114 Å². The van der Waals surface area contributed by atoms with E-state index in [0.29, 0.717) is 37.2 Å². The molecule has 61 heavy (non-hydrogen) atoms. The molecule has 1 atom stereocenters. The Labute approximate surface area is 354 Å². The minimum Gasteiger partial charge on any atom is -0.455 e. The van der Waals surface area contributed by atoms with Crippen LogP contribution in [0, 0.1) is 16.0 Å². The van der Waals surface area contributed by atoms with Crippen LogP contribution >= 0.6 is 0 Å². The van der Waals surface area contributed by atoms with Gasteiger partial charge in [-0.05, 0) is 128 Å². The topological polar surface area (TPSA) is 169 Å². The molecule has 1 aliphatic carbocycles. The number of nitro groups is 1. The Hall–Kier alpha value is -6.09. The lowest BCUT2D eigenvalue weighted by atomic mass is 9.95. The van der Waals surface area contributed by atoms with Crippen molar-refractivity contribution in [2.45, 2.75) is 61.8 Å². The molecule has 3 fully saturated rings. The average molecular weight is 841 g/mol. The van der Waals surface area contributed by atoms with Gasteiger partial charge in [0.15, 0.2) is 0 Å². The van der Waals surface area contributed by atoms with Crippen LogP contribution < -0.4 is 14.8 Å². The predicted molar refractivity (Wildman–Crippen MR) is 233 cm³/mol. The van der Waals surface area contributed by atoms with E-state index < -0.39 is 31.4 Å². The van der Waals surface area contributed by atoms with E-state index in [0.717, 1.165) is 60.8 Å². The SMILES string of the molecule is O=C(NS(=O)(=O)c1ccc(NCC2CCOCC2)c([N+](=O)[O-])c1)c1ccc(-c2ccc(CCN3CCC[C@@H]3c3ccccc3C3CC3)cc2)cc1Oc1cnc2[nH]ccc2c1. The quantitative estimate of drug-likeness (QED) is 0.0670. The number of aromatic amines is 1. The van der Waals surface area contributed by atoms with E-state index in [1.807, 2.05) is 18.2 Å². The summed E-state index contributed by atoms with van der Waals surface area (Å²) in [6, 6.07) is 29.9. The smallest absolute Gasteiger partial charge is 0.293 e. The molecule has 13 nitrogen and oxygen atoms in total. The van der Waals surface area contributed by atoms with Crippen molar-refractivity contribution in [3.8, 4) is 22.6 Å². The average Bonchev–Trinajstić information content (AvgIpc) is 3.83. The number of anilines is 1. The number of amides is 1. The molecule has 1 amide bonds. The standard InChI is InChI=1S/C47H48N6O7S/c54-47(51-61(57,58)38-14-16-42(44(28-38)53(55)56)49-29-32-19-24-59-25-20-32)41-15-13-35(27-45(41)60-37-26-36-17-21-48-46(36)50-30-37)33-9-7-31(8-10-33)18-23-52-22-3-6-43(52)40-5-2-1-4-39(40)34-11-12-34/h1-2,4-5,7-10,13-17,21,26-28,30,32,34,43,49H,3,6,11-12,18-20,22-25,29H2,(H,48,50)(H,51,54)/t43-/m1/s1.